The van der Waals surface area contributed by atoms with E-state index in [-0.39, 0.29) is 23.7 Å². The minimum absolute atomic E-state index is 0.0922. The number of hydrogen-bond donors (Lipinski definition) is 1. The highest BCUT2D eigenvalue weighted by atomic mass is 32.2. The second kappa shape index (κ2) is 6.18. The molecule has 6 heteroatoms. The van der Waals surface area contributed by atoms with Gasteiger partial charge in [-0.3, -0.25) is 4.79 Å². The average Bonchev–Trinajstić information content (AvgIpc) is 3.12. The normalized spacial score (nSPS) is 25.4. The summed E-state index contributed by atoms with van der Waals surface area (Å²) >= 11 is -1.33. The number of nitrogens with one attached hydrogen (secondary N) is 1. The monoisotopic (exact) mass is 339 g/mol. The second-order valence-corrected chi connectivity index (χ2v) is 7.74. The van der Waals surface area contributed by atoms with Crippen LogP contribution < -0.4 is 14.9 Å². The molecule has 4 rings (SSSR count). The van der Waals surface area contributed by atoms with Crippen molar-refractivity contribution >= 4 is 30.6 Å². The molecule has 0 bridgehead atoms. The molecule has 2 aliphatic rings. The van der Waals surface area contributed by atoms with Crippen molar-refractivity contribution in [2.75, 3.05) is 0 Å². The Morgan fingerprint density at radius 2 is 2.00 bits per heavy atom. The molecule has 122 valence electrons. The highest BCUT2D eigenvalue weighted by Gasteiger charge is 2.37. The zero-order valence-corrected chi connectivity index (χ0v) is 14.3. The largest absolute Gasteiger partial charge is 0.593 e. The number of amides is 1. The average molecular weight is 339 g/mol. The highest BCUT2D eigenvalue weighted by molar-refractivity contribution is 7.90. The minimum Gasteiger partial charge on any atom is -0.593 e. The molecule has 2 aromatic carbocycles. The fourth-order valence-electron chi connectivity index (χ4n) is 3.56. The Bertz CT molecular complexity index is 780. The number of carbonyl (C=O) groups is 1. The van der Waals surface area contributed by atoms with Crippen molar-refractivity contribution in [2.24, 2.45) is 0 Å². The molecule has 3 atom stereocenters. The van der Waals surface area contributed by atoms with Gasteiger partial charge in [-0.15, -0.1) is 0 Å². The van der Waals surface area contributed by atoms with E-state index in [1.165, 1.54) is 16.6 Å². The van der Waals surface area contributed by atoms with E-state index < -0.39 is 11.4 Å². The van der Waals surface area contributed by atoms with Crippen LogP contribution in [0.2, 0.25) is 0 Å². The van der Waals surface area contributed by atoms with Gasteiger partial charge in [0.15, 0.2) is 5.25 Å². The van der Waals surface area contributed by atoms with Crippen LogP contribution in [0.15, 0.2) is 42.5 Å². The van der Waals surface area contributed by atoms with E-state index >= 15 is 0 Å². The Balaban J connectivity index is 1.49. The Morgan fingerprint density at radius 3 is 2.71 bits per heavy atom. The van der Waals surface area contributed by atoms with Crippen LogP contribution in [0.5, 0.6) is 5.75 Å². The molecule has 4 nitrogen and oxygen atoms in total. The van der Waals surface area contributed by atoms with Crippen molar-refractivity contribution in [1.82, 2.24) is 4.72 Å². The van der Waals surface area contributed by atoms with Gasteiger partial charge in [-0.1, -0.05) is 35.8 Å². The summed E-state index contributed by atoms with van der Waals surface area (Å²) in [6.45, 7) is 0. The van der Waals surface area contributed by atoms with Gasteiger partial charge >= 0.3 is 0 Å². The van der Waals surface area contributed by atoms with Crippen LogP contribution in [-0.4, -0.2) is 18.3 Å². The highest BCUT2D eigenvalue weighted by Crippen LogP contribution is 2.35. The topological polar surface area (TPSA) is 61.4 Å². The molecular formula is C18H18BNO3S. The number of carbonyl (C=O) groups excluding carboxylic acids is 1. The van der Waals surface area contributed by atoms with Crippen molar-refractivity contribution in [2.45, 2.75) is 30.6 Å². The first kappa shape index (κ1) is 15.6. The fraction of sp³-hybridized carbons (Fsp3) is 0.278. The summed E-state index contributed by atoms with van der Waals surface area (Å²) in [5.41, 5.74) is 4.92. The zero-order chi connectivity index (χ0) is 16.7. The number of ether oxygens (including phenoxy) is 1. The van der Waals surface area contributed by atoms with Crippen molar-refractivity contribution in [3.05, 3.63) is 59.2 Å². The number of benzene rings is 2. The lowest BCUT2D eigenvalue weighted by molar-refractivity contribution is -0.118. The maximum absolute atomic E-state index is 11.9. The maximum Gasteiger partial charge on any atom is 0.266 e. The van der Waals surface area contributed by atoms with Crippen LogP contribution in [-0.2, 0) is 22.6 Å². The van der Waals surface area contributed by atoms with Gasteiger partial charge in [0.2, 0.25) is 0 Å². The van der Waals surface area contributed by atoms with Crippen molar-refractivity contribution in [3.63, 3.8) is 0 Å². The maximum atomic E-state index is 11.9. The van der Waals surface area contributed by atoms with E-state index in [9.17, 15) is 9.35 Å². The summed E-state index contributed by atoms with van der Waals surface area (Å²) in [4.78, 5) is 11.3. The molecule has 1 aliphatic heterocycles. The summed E-state index contributed by atoms with van der Waals surface area (Å²) in [5, 5.41) is -0.263. The van der Waals surface area contributed by atoms with Gasteiger partial charge in [-0.25, -0.2) is 0 Å². The van der Waals surface area contributed by atoms with Gasteiger partial charge in [0.05, 0.1) is 17.8 Å². The molecule has 0 aromatic heterocycles. The van der Waals surface area contributed by atoms with Crippen molar-refractivity contribution in [3.8, 4) is 5.75 Å². The van der Waals surface area contributed by atoms with Crippen LogP contribution >= 0.6 is 0 Å². The van der Waals surface area contributed by atoms with E-state index in [0.29, 0.717) is 0 Å². The quantitative estimate of drug-likeness (QED) is 0.676. The molecule has 0 spiro atoms. The standard InChI is InChI=1S/C18H18BNO3S/c19-15-3-1-2-14-13(15)8-9-16(14)23-12-6-4-11(5-7-12)17-10-18(21)20-24(17)22/h1-7,16-17H,8-10,19H2,(H,20,21)/t16-,17?,24?/m1/s1. The summed E-state index contributed by atoms with van der Waals surface area (Å²) in [7, 11) is 2.15. The Morgan fingerprint density at radius 1 is 1.21 bits per heavy atom. The lowest BCUT2D eigenvalue weighted by atomic mass is 9.88. The molecular weight excluding hydrogens is 321 g/mol. The van der Waals surface area contributed by atoms with E-state index in [2.05, 4.69) is 30.8 Å². The lowest BCUT2D eigenvalue weighted by Crippen LogP contribution is -2.21. The molecule has 0 saturated carbocycles. The van der Waals surface area contributed by atoms with Crippen LogP contribution in [0, 0.1) is 0 Å². The third-order valence-electron chi connectivity index (χ3n) is 4.82. The van der Waals surface area contributed by atoms with Gasteiger partial charge in [-0.05, 0) is 36.1 Å². The van der Waals surface area contributed by atoms with Crippen LogP contribution in [0.1, 0.15) is 40.9 Å². The smallest absolute Gasteiger partial charge is 0.266 e. The van der Waals surface area contributed by atoms with E-state index in [0.717, 1.165) is 24.2 Å². The van der Waals surface area contributed by atoms with Crippen LogP contribution in [0.25, 0.3) is 0 Å². The van der Waals surface area contributed by atoms with Crippen molar-refractivity contribution < 1.29 is 14.1 Å². The minimum atomic E-state index is -1.33. The van der Waals surface area contributed by atoms with Crippen LogP contribution in [0.3, 0.4) is 0 Å². The molecule has 2 aromatic rings. The van der Waals surface area contributed by atoms with E-state index in [1.807, 2.05) is 24.3 Å². The van der Waals surface area contributed by atoms with E-state index in [4.69, 9.17) is 4.74 Å². The first-order valence-corrected chi connectivity index (χ1v) is 9.38. The fourth-order valence-corrected chi connectivity index (χ4v) is 4.71. The number of hydrogen-bond acceptors (Lipinski definition) is 3. The van der Waals surface area contributed by atoms with Gasteiger partial charge in [0.1, 0.15) is 19.7 Å². The zero-order valence-electron chi connectivity index (χ0n) is 13.5. The van der Waals surface area contributed by atoms with Crippen LogP contribution in [0.4, 0.5) is 0 Å². The van der Waals surface area contributed by atoms with Gasteiger partial charge in [-0.2, -0.15) is 4.72 Å². The summed E-state index contributed by atoms with van der Waals surface area (Å²) in [6, 6.07) is 14.0. The first-order valence-electron chi connectivity index (χ1n) is 8.17. The summed E-state index contributed by atoms with van der Waals surface area (Å²) in [6.07, 6.45) is 2.42. The summed E-state index contributed by atoms with van der Waals surface area (Å²) < 4.78 is 20.5. The molecule has 0 radical (unpaired) electrons. The van der Waals surface area contributed by atoms with Gasteiger partial charge < -0.3 is 9.29 Å². The molecule has 24 heavy (non-hydrogen) atoms. The van der Waals surface area contributed by atoms with E-state index in [1.54, 1.807) is 0 Å². The molecule has 1 fully saturated rings. The third kappa shape index (κ3) is 2.80. The molecule has 2 unspecified atom stereocenters. The number of rotatable bonds is 3. The Hall–Kier alpha value is -1.92. The molecule has 1 saturated heterocycles. The molecule has 1 heterocycles. The predicted molar refractivity (Wildman–Crippen MR) is 96.4 cm³/mol. The first-order chi connectivity index (χ1) is 11.6. The SMILES string of the molecule is Bc1cccc2c1CC[C@H]2Oc1ccc(C2CC(=O)N[S+]2[O-])cc1. The summed E-state index contributed by atoms with van der Waals surface area (Å²) in [5.74, 6) is 0.651. The van der Waals surface area contributed by atoms with Gasteiger partial charge in [0, 0.05) is 5.56 Å². The van der Waals surface area contributed by atoms with Gasteiger partial charge in [0.25, 0.3) is 5.91 Å². The Kier molecular flexibility index (Phi) is 4.02. The predicted octanol–water partition coefficient (Wildman–Crippen LogP) is 1.24. The lowest BCUT2D eigenvalue weighted by Gasteiger charge is -2.16. The molecule has 1 aliphatic carbocycles. The molecule has 1 N–H and O–H groups in total. The number of fused-ring (bicyclic) bond motifs is 1. The Labute approximate surface area is 145 Å². The molecule has 1 amide bonds. The third-order valence-corrected chi connectivity index (χ3v) is 6.21. The van der Waals surface area contributed by atoms with Crippen molar-refractivity contribution in [1.29, 1.82) is 0 Å². The second-order valence-electron chi connectivity index (χ2n) is 6.37.